The van der Waals surface area contributed by atoms with E-state index in [2.05, 4.69) is 4.74 Å². The Kier molecular flexibility index (Phi) is 6.28. The van der Waals surface area contributed by atoms with Gasteiger partial charge in [0.1, 0.15) is 12.1 Å². The molecule has 0 radical (unpaired) electrons. The van der Waals surface area contributed by atoms with Crippen molar-refractivity contribution in [3.8, 4) is 0 Å². The fourth-order valence-electron chi connectivity index (χ4n) is 0.802. The zero-order chi connectivity index (χ0) is 12.7. The van der Waals surface area contributed by atoms with E-state index in [1.54, 1.807) is 6.92 Å². The monoisotopic (exact) mass is 234 g/mol. The lowest BCUT2D eigenvalue weighted by atomic mass is 10.2. The third-order valence-corrected chi connectivity index (χ3v) is 1.93. The first-order valence-electron chi connectivity index (χ1n) is 4.87. The van der Waals surface area contributed by atoms with Crippen LogP contribution in [0.25, 0.3) is 0 Å². The number of esters is 2. The summed E-state index contributed by atoms with van der Waals surface area (Å²) in [4.78, 5) is 32.4. The van der Waals surface area contributed by atoms with Gasteiger partial charge in [0, 0.05) is 6.42 Å². The number of hydrogen-bond donors (Lipinski definition) is 3. The van der Waals surface area contributed by atoms with E-state index in [9.17, 15) is 14.4 Å². The number of rotatable bonds is 6. The molecule has 0 spiro atoms. The summed E-state index contributed by atoms with van der Waals surface area (Å²) in [5, 5.41) is 8.44. The van der Waals surface area contributed by atoms with Crippen LogP contribution in [0.3, 0.4) is 0 Å². The molecule has 7 nitrogen and oxygen atoms in total. The van der Waals surface area contributed by atoms with Crippen LogP contribution in [0.4, 0.5) is 0 Å². The summed E-state index contributed by atoms with van der Waals surface area (Å²) in [6, 6.07) is -1.97. The van der Waals surface area contributed by atoms with Crippen LogP contribution in [0.5, 0.6) is 0 Å². The molecule has 0 aromatic heterocycles. The summed E-state index contributed by atoms with van der Waals surface area (Å²) in [5.41, 5.74) is 10.5. The highest BCUT2D eigenvalue weighted by Gasteiger charge is 2.19. The first kappa shape index (κ1) is 14.5. The fraction of sp³-hybridized carbons (Fsp3) is 0.667. The summed E-state index contributed by atoms with van der Waals surface area (Å²) in [6.07, 6.45) is 0.0548. The SMILES string of the molecule is CCC(N)C(=O)OC(=O)CC[C@H](N)[14C](=O)O. The molecule has 5 N–H and O–H groups in total. The molecule has 0 saturated carbocycles. The molecule has 0 aliphatic heterocycles. The van der Waals surface area contributed by atoms with E-state index in [0.717, 1.165) is 0 Å². The Morgan fingerprint density at radius 1 is 1.44 bits per heavy atom. The lowest BCUT2D eigenvalue weighted by Gasteiger charge is -2.08. The normalized spacial score (nSPS) is 13.9. The molecule has 7 heteroatoms. The molecule has 0 saturated heterocycles. The molecule has 16 heavy (non-hydrogen) atoms. The lowest BCUT2D eigenvalue weighted by molar-refractivity contribution is -0.160. The highest BCUT2D eigenvalue weighted by molar-refractivity contribution is 5.88. The predicted molar refractivity (Wildman–Crippen MR) is 54.2 cm³/mol. The lowest BCUT2D eigenvalue weighted by Crippen LogP contribution is -2.34. The number of nitrogens with two attached hydrogens (primary N) is 2. The van der Waals surface area contributed by atoms with Crippen LogP contribution in [0, 0.1) is 0 Å². The van der Waals surface area contributed by atoms with Crippen LogP contribution in [-0.2, 0) is 19.1 Å². The zero-order valence-electron chi connectivity index (χ0n) is 9.01. The maximum Gasteiger partial charge on any atom is 0.330 e. The van der Waals surface area contributed by atoms with Gasteiger partial charge in [0.25, 0.3) is 0 Å². The minimum absolute atomic E-state index is 0.0805. The van der Waals surface area contributed by atoms with E-state index in [1.165, 1.54) is 0 Å². The molecule has 0 heterocycles. The molecule has 0 fully saturated rings. The Bertz CT molecular complexity index is 279. The quantitative estimate of drug-likeness (QED) is 0.396. The third-order valence-electron chi connectivity index (χ3n) is 1.93. The highest BCUT2D eigenvalue weighted by atomic mass is 16.6. The molecule has 0 aliphatic rings. The van der Waals surface area contributed by atoms with E-state index in [4.69, 9.17) is 16.6 Å². The number of carboxylic acid groups (broad SMARTS) is 1. The number of hydrogen-bond acceptors (Lipinski definition) is 6. The van der Waals surface area contributed by atoms with Gasteiger partial charge in [0.15, 0.2) is 0 Å². The topological polar surface area (TPSA) is 133 Å². The largest absolute Gasteiger partial charge is 0.480 e. The van der Waals surface area contributed by atoms with Gasteiger partial charge in [-0.15, -0.1) is 0 Å². The number of ether oxygens (including phenoxy) is 1. The minimum Gasteiger partial charge on any atom is -0.480 e. The van der Waals surface area contributed by atoms with Gasteiger partial charge in [-0.3, -0.25) is 9.59 Å². The number of carbonyl (C=O) groups is 3. The second-order valence-electron chi connectivity index (χ2n) is 3.29. The summed E-state index contributed by atoms with van der Waals surface area (Å²) in [6.45, 7) is 1.68. The van der Waals surface area contributed by atoms with Crippen LogP contribution < -0.4 is 11.5 Å². The van der Waals surface area contributed by atoms with Crippen LogP contribution in [0.2, 0.25) is 0 Å². The maximum atomic E-state index is 11.1. The molecule has 2 atom stereocenters. The van der Waals surface area contributed by atoms with E-state index in [1.807, 2.05) is 0 Å². The van der Waals surface area contributed by atoms with Crippen molar-refractivity contribution in [3.63, 3.8) is 0 Å². The van der Waals surface area contributed by atoms with Crippen molar-refractivity contribution in [2.75, 3.05) is 0 Å². The van der Waals surface area contributed by atoms with Gasteiger partial charge in [0.2, 0.25) is 0 Å². The summed E-state index contributed by atoms with van der Waals surface area (Å²) in [7, 11) is 0. The summed E-state index contributed by atoms with van der Waals surface area (Å²) < 4.78 is 4.38. The molecule has 0 aliphatic carbocycles. The fourth-order valence-corrected chi connectivity index (χ4v) is 0.802. The van der Waals surface area contributed by atoms with E-state index in [-0.39, 0.29) is 12.8 Å². The zero-order valence-corrected chi connectivity index (χ0v) is 9.01. The van der Waals surface area contributed by atoms with Crippen LogP contribution >= 0.6 is 0 Å². The molecule has 92 valence electrons. The van der Waals surface area contributed by atoms with Crippen molar-refractivity contribution in [2.24, 2.45) is 11.5 Å². The predicted octanol–water partition coefficient (Wildman–Crippen LogP) is -1.01. The summed E-state index contributed by atoms with van der Waals surface area (Å²) in [5.74, 6) is -2.83. The van der Waals surface area contributed by atoms with Gasteiger partial charge in [0.05, 0.1) is 0 Å². The molecule has 0 aromatic carbocycles. The average molecular weight is 234 g/mol. The minimum atomic E-state index is -1.20. The van der Waals surface area contributed by atoms with Gasteiger partial charge in [-0.2, -0.15) is 0 Å². The number of aliphatic carboxylic acids is 1. The van der Waals surface area contributed by atoms with E-state index in [0.29, 0.717) is 6.42 Å². The molecule has 0 amide bonds. The molecule has 0 rings (SSSR count). The Labute approximate surface area is 92.7 Å². The Balaban J connectivity index is 3.92. The van der Waals surface area contributed by atoms with Crippen LogP contribution in [-0.4, -0.2) is 35.1 Å². The van der Waals surface area contributed by atoms with Gasteiger partial charge >= 0.3 is 17.9 Å². The van der Waals surface area contributed by atoms with Crippen molar-refractivity contribution in [1.29, 1.82) is 0 Å². The molecule has 1 unspecified atom stereocenters. The van der Waals surface area contributed by atoms with Crippen molar-refractivity contribution in [1.82, 2.24) is 0 Å². The van der Waals surface area contributed by atoms with Gasteiger partial charge < -0.3 is 21.3 Å². The first-order valence-corrected chi connectivity index (χ1v) is 4.87. The average Bonchev–Trinajstić information content (AvgIpc) is 2.24. The molecular formula is C9H16N2O5. The second kappa shape index (κ2) is 6.91. The van der Waals surface area contributed by atoms with E-state index < -0.39 is 30.0 Å². The van der Waals surface area contributed by atoms with Gasteiger partial charge in [-0.25, -0.2) is 4.79 Å². The Hall–Kier alpha value is -1.47. The summed E-state index contributed by atoms with van der Waals surface area (Å²) >= 11 is 0. The standard InChI is InChI=1S/C9H16N2O5/c1-2-5(10)9(15)16-7(12)4-3-6(11)8(13)14/h5-6H,2-4,10-11H2,1H3,(H,13,14)/t5?,6-/m0/s1/i8+2. The van der Waals surface area contributed by atoms with E-state index >= 15 is 0 Å². The third kappa shape index (κ3) is 5.42. The Morgan fingerprint density at radius 3 is 2.44 bits per heavy atom. The van der Waals surface area contributed by atoms with Gasteiger partial charge in [-0.05, 0) is 12.8 Å². The van der Waals surface area contributed by atoms with Crippen molar-refractivity contribution in [3.05, 3.63) is 0 Å². The number of carboxylic acids is 1. The second-order valence-corrected chi connectivity index (χ2v) is 3.29. The number of carbonyl (C=O) groups excluding carboxylic acids is 2. The highest BCUT2D eigenvalue weighted by Crippen LogP contribution is 1.99. The van der Waals surface area contributed by atoms with Gasteiger partial charge in [-0.1, -0.05) is 6.92 Å². The van der Waals surface area contributed by atoms with Crippen LogP contribution in [0.15, 0.2) is 0 Å². The molecular weight excluding hydrogens is 218 g/mol. The van der Waals surface area contributed by atoms with Crippen molar-refractivity contribution < 1.29 is 24.2 Å². The van der Waals surface area contributed by atoms with Crippen molar-refractivity contribution in [2.45, 2.75) is 38.3 Å². The first-order chi connectivity index (χ1) is 7.38. The smallest absolute Gasteiger partial charge is 0.330 e. The molecule has 0 aromatic rings. The molecule has 0 bridgehead atoms. The van der Waals surface area contributed by atoms with Crippen molar-refractivity contribution >= 4 is 17.9 Å². The Morgan fingerprint density at radius 2 is 2.00 bits per heavy atom. The van der Waals surface area contributed by atoms with Crippen LogP contribution in [0.1, 0.15) is 26.2 Å². The maximum absolute atomic E-state index is 11.1.